The molecule has 0 N–H and O–H groups in total. The van der Waals surface area contributed by atoms with Crippen molar-refractivity contribution < 1.29 is 4.74 Å². The van der Waals surface area contributed by atoms with Crippen molar-refractivity contribution in [2.75, 3.05) is 0 Å². The van der Waals surface area contributed by atoms with E-state index in [1.54, 1.807) is 0 Å². The van der Waals surface area contributed by atoms with Crippen LogP contribution < -0.4 is 4.74 Å². The molecular weight excluding hydrogens is 304 g/mol. The molecule has 1 heterocycles. The largest absolute Gasteiger partial charge is 0.439 e. The van der Waals surface area contributed by atoms with Crippen LogP contribution in [0.15, 0.2) is 28.9 Å². The highest BCUT2D eigenvalue weighted by atomic mass is 79.9. The van der Waals surface area contributed by atoms with Gasteiger partial charge in [0.25, 0.3) is 0 Å². The van der Waals surface area contributed by atoms with E-state index in [0.29, 0.717) is 11.8 Å². The minimum absolute atomic E-state index is 0.512. The van der Waals surface area contributed by atoms with Crippen molar-refractivity contribution in [3.63, 3.8) is 0 Å². The Kier molecular flexibility index (Phi) is 3.27. The summed E-state index contributed by atoms with van der Waals surface area (Å²) in [4.78, 5) is 8.90. The zero-order valence-corrected chi connectivity index (χ0v) is 12.6. The molecule has 3 nitrogen and oxygen atoms in total. The molecule has 0 unspecified atom stereocenters. The second-order valence-electron chi connectivity index (χ2n) is 5.03. The van der Waals surface area contributed by atoms with E-state index < -0.39 is 0 Å². The number of nitrogens with zero attached hydrogens (tertiary/aromatic N) is 2. The third-order valence-corrected chi connectivity index (χ3v) is 3.60. The molecular formula is C15H15BrN2O. The summed E-state index contributed by atoms with van der Waals surface area (Å²) in [6.45, 7) is 4.09. The van der Waals surface area contributed by atoms with E-state index in [1.807, 2.05) is 19.1 Å². The molecule has 1 saturated carbocycles. The molecule has 1 aromatic carbocycles. The average molecular weight is 319 g/mol. The average Bonchev–Trinajstić information content (AvgIpc) is 3.17. The Bertz CT molecular complexity index is 624. The van der Waals surface area contributed by atoms with Gasteiger partial charge in [0.15, 0.2) is 0 Å². The Morgan fingerprint density at radius 1 is 1.16 bits per heavy atom. The van der Waals surface area contributed by atoms with Gasteiger partial charge in [0.05, 0.1) is 0 Å². The predicted octanol–water partition coefficient (Wildman–Crippen LogP) is 4.53. The fraction of sp³-hybridized carbons (Fsp3) is 0.333. The number of halogens is 1. The van der Waals surface area contributed by atoms with Crippen LogP contribution in [0.5, 0.6) is 11.6 Å². The molecule has 0 saturated heterocycles. The molecule has 0 spiro atoms. The number of benzene rings is 1. The quantitative estimate of drug-likeness (QED) is 0.780. The van der Waals surface area contributed by atoms with Crippen LogP contribution in [0.3, 0.4) is 0 Å². The SMILES string of the molecule is Cc1ccc(C)c(Oc2cc(Br)nc(C3CC3)n2)c1. The van der Waals surface area contributed by atoms with Crippen molar-refractivity contribution >= 4 is 15.9 Å². The van der Waals surface area contributed by atoms with Crippen molar-refractivity contribution in [3.8, 4) is 11.6 Å². The second-order valence-corrected chi connectivity index (χ2v) is 5.84. The summed E-state index contributed by atoms with van der Waals surface area (Å²) in [5, 5.41) is 0. The maximum absolute atomic E-state index is 5.91. The van der Waals surface area contributed by atoms with Crippen molar-refractivity contribution in [2.45, 2.75) is 32.6 Å². The first-order chi connectivity index (χ1) is 9.11. The maximum atomic E-state index is 5.91. The minimum atomic E-state index is 0.512. The lowest BCUT2D eigenvalue weighted by Gasteiger charge is -2.10. The first kappa shape index (κ1) is 12.6. The molecule has 1 aliphatic rings. The van der Waals surface area contributed by atoms with Gasteiger partial charge in [-0.15, -0.1) is 0 Å². The summed E-state index contributed by atoms with van der Waals surface area (Å²) < 4.78 is 6.69. The number of aromatic nitrogens is 2. The summed E-state index contributed by atoms with van der Waals surface area (Å²) in [6.07, 6.45) is 2.36. The molecule has 0 aliphatic heterocycles. The normalized spacial score (nSPS) is 14.5. The van der Waals surface area contributed by atoms with Gasteiger partial charge in [-0.3, -0.25) is 0 Å². The molecule has 1 aliphatic carbocycles. The van der Waals surface area contributed by atoms with Crippen LogP contribution in [0.1, 0.15) is 35.7 Å². The number of rotatable bonds is 3. The lowest BCUT2D eigenvalue weighted by atomic mass is 10.1. The Hall–Kier alpha value is -1.42. The Balaban J connectivity index is 1.92. The van der Waals surface area contributed by atoms with Crippen LogP contribution >= 0.6 is 15.9 Å². The minimum Gasteiger partial charge on any atom is -0.439 e. The van der Waals surface area contributed by atoms with Crippen molar-refractivity contribution in [1.29, 1.82) is 0 Å². The van der Waals surface area contributed by atoms with Gasteiger partial charge >= 0.3 is 0 Å². The Labute approximate surface area is 121 Å². The Morgan fingerprint density at radius 3 is 2.68 bits per heavy atom. The van der Waals surface area contributed by atoms with Crippen LogP contribution in [0.4, 0.5) is 0 Å². The first-order valence-electron chi connectivity index (χ1n) is 6.41. The highest BCUT2D eigenvalue weighted by Crippen LogP contribution is 2.39. The smallest absolute Gasteiger partial charge is 0.223 e. The van der Waals surface area contributed by atoms with E-state index in [1.165, 1.54) is 18.4 Å². The van der Waals surface area contributed by atoms with Crippen LogP contribution in [-0.4, -0.2) is 9.97 Å². The lowest BCUT2D eigenvalue weighted by Crippen LogP contribution is -1.97. The van der Waals surface area contributed by atoms with Gasteiger partial charge in [0.2, 0.25) is 5.88 Å². The van der Waals surface area contributed by atoms with Crippen LogP contribution in [0, 0.1) is 13.8 Å². The zero-order chi connectivity index (χ0) is 13.4. The lowest BCUT2D eigenvalue weighted by molar-refractivity contribution is 0.454. The van der Waals surface area contributed by atoms with E-state index in [2.05, 4.69) is 45.0 Å². The topological polar surface area (TPSA) is 35.0 Å². The van der Waals surface area contributed by atoms with Gasteiger partial charge in [-0.1, -0.05) is 12.1 Å². The van der Waals surface area contributed by atoms with Crippen molar-refractivity contribution in [3.05, 3.63) is 45.8 Å². The van der Waals surface area contributed by atoms with Gasteiger partial charge in [0, 0.05) is 12.0 Å². The molecule has 1 fully saturated rings. The number of hydrogen-bond donors (Lipinski definition) is 0. The molecule has 0 amide bonds. The van der Waals surface area contributed by atoms with Gasteiger partial charge in [0.1, 0.15) is 16.2 Å². The van der Waals surface area contributed by atoms with E-state index >= 15 is 0 Å². The first-order valence-corrected chi connectivity index (χ1v) is 7.21. The summed E-state index contributed by atoms with van der Waals surface area (Å²) in [7, 11) is 0. The maximum Gasteiger partial charge on any atom is 0.223 e. The summed E-state index contributed by atoms with van der Waals surface area (Å²) >= 11 is 3.42. The molecule has 4 heteroatoms. The number of hydrogen-bond acceptors (Lipinski definition) is 3. The fourth-order valence-electron chi connectivity index (χ4n) is 1.92. The van der Waals surface area contributed by atoms with E-state index in [-0.39, 0.29) is 0 Å². The molecule has 3 rings (SSSR count). The number of ether oxygens (including phenoxy) is 1. The highest BCUT2D eigenvalue weighted by molar-refractivity contribution is 9.10. The van der Waals surface area contributed by atoms with E-state index in [0.717, 1.165) is 21.7 Å². The van der Waals surface area contributed by atoms with Gasteiger partial charge in [-0.2, -0.15) is 4.98 Å². The zero-order valence-electron chi connectivity index (χ0n) is 11.0. The van der Waals surface area contributed by atoms with Crippen molar-refractivity contribution in [1.82, 2.24) is 9.97 Å². The predicted molar refractivity (Wildman–Crippen MR) is 77.7 cm³/mol. The molecule has 0 bridgehead atoms. The summed E-state index contributed by atoms with van der Waals surface area (Å²) in [5.41, 5.74) is 2.28. The van der Waals surface area contributed by atoms with Gasteiger partial charge in [-0.05, 0) is 59.8 Å². The summed E-state index contributed by atoms with van der Waals surface area (Å²) in [5.74, 6) is 2.86. The molecule has 98 valence electrons. The third kappa shape index (κ3) is 2.95. The fourth-order valence-corrected chi connectivity index (χ4v) is 2.30. The highest BCUT2D eigenvalue weighted by Gasteiger charge is 2.27. The van der Waals surface area contributed by atoms with Crippen LogP contribution in [0.25, 0.3) is 0 Å². The third-order valence-electron chi connectivity index (χ3n) is 3.19. The Morgan fingerprint density at radius 2 is 1.95 bits per heavy atom. The second kappa shape index (κ2) is 4.93. The standard InChI is InChI=1S/C15H15BrN2O/c1-9-3-4-10(2)12(7-9)19-14-8-13(16)17-15(18-14)11-5-6-11/h3-4,7-8,11H,5-6H2,1-2H3. The molecule has 19 heavy (non-hydrogen) atoms. The number of aryl methyl sites for hydroxylation is 2. The summed E-state index contributed by atoms with van der Waals surface area (Å²) in [6, 6.07) is 7.98. The van der Waals surface area contributed by atoms with E-state index in [9.17, 15) is 0 Å². The van der Waals surface area contributed by atoms with Crippen LogP contribution in [-0.2, 0) is 0 Å². The van der Waals surface area contributed by atoms with Gasteiger partial charge < -0.3 is 4.74 Å². The molecule has 1 aromatic heterocycles. The van der Waals surface area contributed by atoms with Gasteiger partial charge in [-0.25, -0.2) is 4.98 Å². The van der Waals surface area contributed by atoms with Crippen LogP contribution in [0.2, 0.25) is 0 Å². The monoisotopic (exact) mass is 318 g/mol. The molecule has 2 aromatic rings. The molecule has 0 radical (unpaired) electrons. The molecule has 0 atom stereocenters. The van der Waals surface area contributed by atoms with Crippen molar-refractivity contribution in [2.24, 2.45) is 0 Å². The van der Waals surface area contributed by atoms with E-state index in [4.69, 9.17) is 4.74 Å².